The Labute approximate surface area is 139 Å². The average molecular weight is 391 g/mol. The molecule has 0 saturated carbocycles. The van der Waals surface area contributed by atoms with Gasteiger partial charge >= 0.3 is 0 Å². The molecular weight excluding hydrogens is 365 g/mol. The number of hydrogen-bond acceptors (Lipinski definition) is 2. The van der Waals surface area contributed by atoms with E-state index in [1.54, 1.807) is 7.11 Å². The third-order valence-corrected chi connectivity index (χ3v) is 3.10. The maximum atomic E-state index is 5.83. The van der Waals surface area contributed by atoms with Crippen molar-refractivity contribution in [2.75, 3.05) is 20.3 Å². The smallest absolute Gasteiger partial charge is 0.188 e. The van der Waals surface area contributed by atoms with Crippen LogP contribution in [-0.2, 0) is 11.2 Å². The maximum absolute atomic E-state index is 5.83. The van der Waals surface area contributed by atoms with E-state index < -0.39 is 0 Å². The van der Waals surface area contributed by atoms with Crippen molar-refractivity contribution in [2.45, 2.75) is 33.2 Å². The SMILES string of the molecule is COCC(C)NC(N)=NCCc1c(C)cccc1C.I. The number of hydrogen-bond donors (Lipinski definition) is 2. The number of methoxy groups -OCH3 is 1. The molecule has 0 aliphatic carbocycles. The van der Waals surface area contributed by atoms with Gasteiger partial charge in [-0.05, 0) is 43.9 Å². The molecule has 0 aliphatic heterocycles. The maximum Gasteiger partial charge on any atom is 0.188 e. The number of benzene rings is 1. The molecule has 1 unspecified atom stereocenters. The first-order valence-corrected chi connectivity index (χ1v) is 6.65. The molecule has 0 radical (unpaired) electrons. The van der Waals surface area contributed by atoms with E-state index in [0.29, 0.717) is 19.1 Å². The Morgan fingerprint density at radius 2 is 1.95 bits per heavy atom. The molecule has 1 rings (SSSR count). The van der Waals surface area contributed by atoms with Crippen LogP contribution in [0.15, 0.2) is 23.2 Å². The number of aryl methyl sites for hydroxylation is 2. The molecule has 20 heavy (non-hydrogen) atoms. The molecule has 1 atom stereocenters. The highest BCUT2D eigenvalue weighted by Gasteiger charge is 2.03. The van der Waals surface area contributed by atoms with Gasteiger partial charge in [-0.25, -0.2) is 0 Å². The fourth-order valence-corrected chi connectivity index (χ4v) is 2.12. The lowest BCUT2D eigenvalue weighted by Gasteiger charge is -2.13. The highest BCUT2D eigenvalue weighted by molar-refractivity contribution is 14.0. The Hall–Kier alpha value is -0.820. The van der Waals surface area contributed by atoms with Gasteiger partial charge in [0.1, 0.15) is 0 Å². The zero-order chi connectivity index (χ0) is 14.3. The lowest BCUT2D eigenvalue weighted by atomic mass is 10.0. The second-order valence-corrected chi connectivity index (χ2v) is 4.89. The Kier molecular flexibility index (Phi) is 9.58. The van der Waals surface area contributed by atoms with Gasteiger partial charge in [0.25, 0.3) is 0 Å². The largest absolute Gasteiger partial charge is 0.383 e. The Bertz CT molecular complexity index is 415. The van der Waals surface area contributed by atoms with Crippen LogP contribution in [0.3, 0.4) is 0 Å². The zero-order valence-electron chi connectivity index (χ0n) is 12.8. The van der Waals surface area contributed by atoms with Crippen LogP contribution in [0.1, 0.15) is 23.6 Å². The second kappa shape index (κ2) is 9.99. The first-order chi connectivity index (χ1) is 9.04. The second-order valence-electron chi connectivity index (χ2n) is 4.89. The van der Waals surface area contributed by atoms with Crippen LogP contribution in [0.5, 0.6) is 0 Å². The molecule has 5 heteroatoms. The van der Waals surface area contributed by atoms with Crippen LogP contribution in [0.25, 0.3) is 0 Å². The van der Waals surface area contributed by atoms with E-state index in [9.17, 15) is 0 Å². The van der Waals surface area contributed by atoms with Crippen molar-refractivity contribution >= 4 is 29.9 Å². The first kappa shape index (κ1) is 19.2. The minimum Gasteiger partial charge on any atom is -0.383 e. The number of nitrogens with one attached hydrogen (secondary N) is 1. The fourth-order valence-electron chi connectivity index (χ4n) is 2.12. The minimum atomic E-state index is 0. The van der Waals surface area contributed by atoms with E-state index in [1.165, 1.54) is 16.7 Å². The minimum absolute atomic E-state index is 0. The van der Waals surface area contributed by atoms with Gasteiger partial charge in [-0.1, -0.05) is 18.2 Å². The highest BCUT2D eigenvalue weighted by atomic mass is 127. The number of halogens is 1. The quantitative estimate of drug-likeness (QED) is 0.445. The van der Waals surface area contributed by atoms with Crippen molar-refractivity contribution in [3.05, 3.63) is 34.9 Å². The molecule has 0 spiro atoms. The standard InChI is InChI=1S/C15H25N3O.HI/c1-11-6-5-7-12(2)14(11)8-9-17-15(16)18-13(3)10-19-4;/h5-7,13H,8-10H2,1-4H3,(H3,16,17,18);1H. The van der Waals surface area contributed by atoms with Gasteiger partial charge < -0.3 is 15.8 Å². The van der Waals surface area contributed by atoms with E-state index in [-0.39, 0.29) is 30.0 Å². The molecule has 3 N–H and O–H groups in total. The molecule has 0 heterocycles. The number of nitrogens with zero attached hydrogens (tertiary/aromatic N) is 1. The van der Waals surface area contributed by atoms with Crippen LogP contribution in [0.2, 0.25) is 0 Å². The summed E-state index contributed by atoms with van der Waals surface area (Å²) in [4.78, 5) is 4.35. The van der Waals surface area contributed by atoms with Crippen molar-refractivity contribution in [1.29, 1.82) is 0 Å². The summed E-state index contributed by atoms with van der Waals surface area (Å²) < 4.78 is 5.04. The summed E-state index contributed by atoms with van der Waals surface area (Å²) in [5.41, 5.74) is 9.82. The van der Waals surface area contributed by atoms with Gasteiger partial charge in [-0.15, -0.1) is 24.0 Å². The van der Waals surface area contributed by atoms with Gasteiger partial charge in [0, 0.05) is 19.7 Å². The third kappa shape index (κ3) is 6.56. The molecule has 1 aromatic carbocycles. The predicted octanol–water partition coefficient (Wildman–Crippen LogP) is 2.40. The molecular formula is C15H26IN3O. The van der Waals surface area contributed by atoms with E-state index in [2.05, 4.69) is 42.4 Å². The van der Waals surface area contributed by atoms with Crippen LogP contribution in [-0.4, -0.2) is 32.3 Å². The van der Waals surface area contributed by atoms with Crippen LogP contribution in [0.4, 0.5) is 0 Å². The number of nitrogens with two attached hydrogens (primary N) is 1. The molecule has 0 aliphatic rings. The molecule has 0 aromatic heterocycles. The number of aliphatic imine (C=N–C) groups is 1. The summed E-state index contributed by atoms with van der Waals surface area (Å²) in [6.07, 6.45) is 0.916. The molecule has 0 saturated heterocycles. The predicted molar refractivity (Wildman–Crippen MR) is 96.0 cm³/mol. The first-order valence-electron chi connectivity index (χ1n) is 6.65. The van der Waals surface area contributed by atoms with Gasteiger partial charge in [0.05, 0.1) is 6.61 Å². The van der Waals surface area contributed by atoms with Crippen molar-refractivity contribution in [3.63, 3.8) is 0 Å². The van der Waals surface area contributed by atoms with Gasteiger partial charge in [0.15, 0.2) is 5.96 Å². The molecule has 114 valence electrons. The lowest BCUT2D eigenvalue weighted by Crippen LogP contribution is -2.40. The lowest BCUT2D eigenvalue weighted by molar-refractivity contribution is 0.179. The molecule has 0 amide bonds. The van der Waals surface area contributed by atoms with E-state index >= 15 is 0 Å². The van der Waals surface area contributed by atoms with Gasteiger partial charge in [-0.2, -0.15) is 0 Å². The molecule has 0 bridgehead atoms. The molecule has 0 fully saturated rings. The summed E-state index contributed by atoms with van der Waals surface area (Å²) in [7, 11) is 1.67. The van der Waals surface area contributed by atoms with Gasteiger partial charge in [0.2, 0.25) is 0 Å². The van der Waals surface area contributed by atoms with Crippen molar-refractivity contribution in [1.82, 2.24) is 5.32 Å². The summed E-state index contributed by atoms with van der Waals surface area (Å²) in [5, 5.41) is 3.10. The Morgan fingerprint density at radius 3 is 2.50 bits per heavy atom. The van der Waals surface area contributed by atoms with Crippen molar-refractivity contribution in [2.24, 2.45) is 10.7 Å². The van der Waals surface area contributed by atoms with Crippen LogP contribution >= 0.6 is 24.0 Å². The summed E-state index contributed by atoms with van der Waals surface area (Å²) >= 11 is 0. The Balaban J connectivity index is 0.00000361. The number of rotatable bonds is 6. The van der Waals surface area contributed by atoms with Gasteiger partial charge in [-0.3, -0.25) is 4.99 Å². The van der Waals surface area contributed by atoms with Crippen LogP contribution in [0, 0.1) is 13.8 Å². The monoisotopic (exact) mass is 391 g/mol. The normalized spacial score (nSPS) is 12.7. The van der Waals surface area contributed by atoms with E-state index in [0.717, 1.165) is 6.42 Å². The van der Waals surface area contributed by atoms with Crippen molar-refractivity contribution < 1.29 is 4.74 Å². The average Bonchev–Trinajstić information content (AvgIpc) is 2.33. The third-order valence-electron chi connectivity index (χ3n) is 3.10. The number of guanidine groups is 1. The molecule has 4 nitrogen and oxygen atoms in total. The summed E-state index contributed by atoms with van der Waals surface area (Å²) in [6.45, 7) is 7.59. The summed E-state index contributed by atoms with van der Waals surface area (Å²) in [5.74, 6) is 0.482. The van der Waals surface area contributed by atoms with E-state index in [4.69, 9.17) is 10.5 Å². The molecule has 1 aromatic rings. The van der Waals surface area contributed by atoms with Crippen molar-refractivity contribution in [3.8, 4) is 0 Å². The topological polar surface area (TPSA) is 59.6 Å². The Morgan fingerprint density at radius 1 is 1.35 bits per heavy atom. The van der Waals surface area contributed by atoms with E-state index in [1.807, 2.05) is 6.92 Å². The highest BCUT2D eigenvalue weighted by Crippen LogP contribution is 2.13. The fraction of sp³-hybridized carbons (Fsp3) is 0.533. The van der Waals surface area contributed by atoms with Crippen LogP contribution < -0.4 is 11.1 Å². The zero-order valence-corrected chi connectivity index (χ0v) is 15.1. The number of ether oxygens (including phenoxy) is 1. The summed E-state index contributed by atoms with van der Waals surface area (Å²) in [6, 6.07) is 6.52.